The highest BCUT2D eigenvalue weighted by molar-refractivity contribution is 5.29. The number of ether oxygens (including phenoxy) is 2. The second-order valence-electron chi connectivity index (χ2n) is 10.4. The molecule has 0 amide bonds. The number of rotatable bonds is 2. The van der Waals surface area contributed by atoms with E-state index in [0.29, 0.717) is 17.8 Å². The minimum atomic E-state index is -0.324. The number of aliphatic hydroxyl groups excluding tert-OH is 2. The number of fused-ring (bicyclic) bond motifs is 5. The van der Waals surface area contributed by atoms with Crippen molar-refractivity contribution in [3.63, 3.8) is 0 Å². The molecule has 1 heterocycles. The van der Waals surface area contributed by atoms with E-state index < -0.39 is 0 Å². The average molecular weight is 377 g/mol. The summed E-state index contributed by atoms with van der Waals surface area (Å²) < 4.78 is 12.1. The second kappa shape index (κ2) is 6.29. The Bertz CT molecular complexity index is 622. The summed E-state index contributed by atoms with van der Waals surface area (Å²) in [6.07, 6.45) is 11.0. The molecule has 0 aromatic heterocycles. The summed E-state index contributed by atoms with van der Waals surface area (Å²) in [4.78, 5) is 0. The fourth-order valence-electron chi connectivity index (χ4n) is 8.11. The van der Waals surface area contributed by atoms with E-state index in [0.717, 1.165) is 51.7 Å². The number of aliphatic hydroxyl groups is 2. The number of hydrogen-bond acceptors (Lipinski definition) is 4. The first-order chi connectivity index (χ1) is 12.9. The van der Waals surface area contributed by atoms with Crippen molar-refractivity contribution in [1.82, 2.24) is 0 Å². The van der Waals surface area contributed by atoms with Gasteiger partial charge in [0.1, 0.15) is 0 Å². The Morgan fingerprint density at radius 1 is 1.15 bits per heavy atom. The predicted octanol–water partition coefficient (Wildman–Crippen LogP) is 3.66. The molecule has 5 rings (SSSR count). The molecule has 2 N–H and O–H groups in total. The summed E-state index contributed by atoms with van der Waals surface area (Å²) in [6, 6.07) is 0. The standard InChI is InChI=1S/C23H36O4/c1-15(25)18-5-6-20-17-4-3-16-13-23(26-11-12-27-23)10-9-21(16,2)19(17)7-8-22(18,20)14-24/h7,15-18,20,24-25H,3-6,8-14H2,1-2H3. The van der Waals surface area contributed by atoms with Crippen LogP contribution in [0.5, 0.6) is 0 Å². The largest absolute Gasteiger partial charge is 0.396 e. The molecule has 4 fully saturated rings. The van der Waals surface area contributed by atoms with E-state index in [1.165, 1.54) is 12.8 Å². The third-order valence-electron chi connectivity index (χ3n) is 9.51. The fraction of sp³-hybridized carbons (Fsp3) is 0.913. The van der Waals surface area contributed by atoms with E-state index in [1.807, 2.05) is 6.92 Å². The summed E-state index contributed by atoms with van der Waals surface area (Å²) in [7, 11) is 0. The van der Waals surface area contributed by atoms with Gasteiger partial charge in [0.2, 0.25) is 0 Å². The highest BCUT2D eigenvalue weighted by Gasteiger charge is 2.61. The van der Waals surface area contributed by atoms with Crippen LogP contribution in [0.3, 0.4) is 0 Å². The Balaban J connectivity index is 1.46. The number of allylic oxidation sites excluding steroid dienone is 2. The van der Waals surface area contributed by atoms with Crippen LogP contribution in [0.4, 0.5) is 0 Å². The summed E-state index contributed by atoms with van der Waals surface area (Å²) in [5.41, 5.74) is 1.83. The average Bonchev–Trinajstić information content (AvgIpc) is 3.27. The van der Waals surface area contributed by atoms with E-state index in [4.69, 9.17) is 9.47 Å². The molecule has 1 saturated heterocycles. The van der Waals surface area contributed by atoms with Gasteiger partial charge in [-0.05, 0) is 74.5 Å². The fourth-order valence-corrected chi connectivity index (χ4v) is 8.11. The highest BCUT2D eigenvalue weighted by atomic mass is 16.7. The van der Waals surface area contributed by atoms with E-state index in [1.54, 1.807) is 5.57 Å². The van der Waals surface area contributed by atoms with Gasteiger partial charge in [-0.25, -0.2) is 0 Å². The van der Waals surface area contributed by atoms with Crippen LogP contribution in [0.2, 0.25) is 0 Å². The van der Waals surface area contributed by atoms with Crippen LogP contribution in [0.15, 0.2) is 11.6 Å². The monoisotopic (exact) mass is 376 g/mol. The summed E-state index contributed by atoms with van der Waals surface area (Å²) >= 11 is 0. The Morgan fingerprint density at radius 2 is 1.93 bits per heavy atom. The zero-order chi connectivity index (χ0) is 18.9. The van der Waals surface area contributed by atoms with E-state index in [-0.39, 0.29) is 35.2 Å². The van der Waals surface area contributed by atoms with Crippen LogP contribution < -0.4 is 0 Å². The van der Waals surface area contributed by atoms with Gasteiger partial charge >= 0.3 is 0 Å². The molecular formula is C23H36O4. The first-order valence-corrected chi connectivity index (χ1v) is 11.2. The van der Waals surface area contributed by atoms with Gasteiger partial charge in [0.15, 0.2) is 5.79 Å². The van der Waals surface area contributed by atoms with Gasteiger partial charge in [0, 0.05) is 24.9 Å². The SMILES string of the molecule is CC(O)C1CCC2C3CCC4CC5(CCC4(C)C3=CCC12CO)OCCO5. The molecule has 7 atom stereocenters. The normalized spacial score (nSPS) is 49.3. The van der Waals surface area contributed by atoms with E-state index in [9.17, 15) is 10.2 Å². The lowest BCUT2D eigenvalue weighted by Crippen LogP contribution is -2.53. The molecule has 3 saturated carbocycles. The lowest BCUT2D eigenvalue weighted by Gasteiger charge is -2.58. The maximum absolute atomic E-state index is 10.4. The topological polar surface area (TPSA) is 58.9 Å². The minimum absolute atomic E-state index is 0.0981. The van der Waals surface area contributed by atoms with Gasteiger partial charge in [-0.15, -0.1) is 0 Å². The van der Waals surface area contributed by atoms with Crippen LogP contribution in [-0.2, 0) is 9.47 Å². The van der Waals surface area contributed by atoms with Gasteiger partial charge in [0.05, 0.1) is 19.3 Å². The molecule has 1 spiro atoms. The van der Waals surface area contributed by atoms with Crippen LogP contribution in [0.25, 0.3) is 0 Å². The molecule has 5 aliphatic rings. The van der Waals surface area contributed by atoms with Crippen molar-refractivity contribution in [3.8, 4) is 0 Å². The smallest absolute Gasteiger partial charge is 0.168 e. The lowest BCUT2D eigenvalue weighted by atomic mass is 9.48. The molecule has 0 aromatic carbocycles. The van der Waals surface area contributed by atoms with Crippen molar-refractivity contribution in [2.24, 2.45) is 34.5 Å². The third-order valence-corrected chi connectivity index (χ3v) is 9.51. The highest BCUT2D eigenvalue weighted by Crippen LogP contribution is 2.66. The maximum atomic E-state index is 10.4. The van der Waals surface area contributed by atoms with E-state index >= 15 is 0 Å². The molecule has 4 heteroatoms. The minimum Gasteiger partial charge on any atom is -0.396 e. The summed E-state index contributed by atoms with van der Waals surface area (Å²) in [5, 5.41) is 20.8. The van der Waals surface area contributed by atoms with Gasteiger partial charge in [-0.3, -0.25) is 0 Å². The van der Waals surface area contributed by atoms with Gasteiger partial charge in [-0.2, -0.15) is 0 Å². The summed E-state index contributed by atoms with van der Waals surface area (Å²) in [6.45, 7) is 6.13. The van der Waals surface area contributed by atoms with Gasteiger partial charge in [0.25, 0.3) is 0 Å². The molecule has 7 unspecified atom stereocenters. The quantitative estimate of drug-likeness (QED) is 0.722. The van der Waals surface area contributed by atoms with Gasteiger partial charge in [-0.1, -0.05) is 18.6 Å². The van der Waals surface area contributed by atoms with Crippen molar-refractivity contribution in [3.05, 3.63) is 11.6 Å². The maximum Gasteiger partial charge on any atom is 0.168 e. The lowest BCUT2D eigenvalue weighted by molar-refractivity contribution is -0.207. The Hall–Kier alpha value is -0.420. The first kappa shape index (κ1) is 18.6. The molecule has 27 heavy (non-hydrogen) atoms. The molecule has 0 bridgehead atoms. The molecule has 152 valence electrons. The van der Waals surface area contributed by atoms with E-state index in [2.05, 4.69) is 13.0 Å². The molecule has 4 aliphatic carbocycles. The molecule has 4 nitrogen and oxygen atoms in total. The van der Waals surface area contributed by atoms with Crippen LogP contribution in [0.1, 0.15) is 65.2 Å². The summed E-state index contributed by atoms with van der Waals surface area (Å²) in [5.74, 6) is 1.71. The predicted molar refractivity (Wildman–Crippen MR) is 103 cm³/mol. The Kier molecular flexibility index (Phi) is 4.33. The van der Waals surface area contributed by atoms with Crippen molar-refractivity contribution in [2.75, 3.05) is 19.8 Å². The van der Waals surface area contributed by atoms with Crippen molar-refractivity contribution < 1.29 is 19.7 Å². The number of hydrogen-bond donors (Lipinski definition) is 2. The molecule has 1 aliphatic heterocycles. The first-order valence-electron chi connectivity index (χ1n) is 11.2. The second-order valence-corrected chi connectivity index (χ2v) is 10.4. The third kappa shape index (κ3) is 2.49. The van der Waals surface area contributed by atoms with Crippen molar-refractivity contribution in [1.29, 1.82) is 0 Å². The zero-order valence-electron chi connectivity index (χ0n) is 17.0. The molecule has 0 aromatic rings. The Labute approximate surface area is 163 Å². The van der Waals surface area contributed by atoms with Crippen molar-refractivity contribution >= 4 is 0 Å². The Morgan fingerprint density at radius 3 is 2.63 bits per heavy atom. The van der Waals surface area contributed by atoms with Crippen LogP contribution in [-0.4, -0.2) is 41.9 Å². The molecular weight excluding hydrogens is 340 g/mol. The van der Waals surface area contributed by atoms with Crippen LogP contribution in [0, 0.1) is 34.5 Å². The zero-order valence-corrected chi connectivity index (χ0v) is 17.0. The van der Waals surface area contributed by atoms with Gasteiger partial charge < -0.3 is 19.7 Å². The van der Waals surface area contributed by atoms with Crippen molar-refractivity contribution in [2.45, 2.75) is 77.1 Å². The van der Waals surface area contributed by atoms with Crippen LogP contribution >= 0.6 is 0 Å². The molecule has 0 radical (unpaired) electrons.